The van der Waals surface area contributed by atoms with Gasteiger partial charge < -0.3 is 26.7 Å². The third-order valence-corrected chi connectivity index (χ3v) is 0.768. The van der Waals surface area contributed by atoms with Crippen LogP contribution < -0.4 is 18.9 Å². The predicted octanol–water partition coefficient (Wildman–Crippen LogP) is -4.67. The first-order valence-electron chi connectivity index (χ1n) is 2.95. The summed E-state index contributed by atoms with van der Waals surface area (Å²) in [6, 6.07) is 0. The Hall–Kier alpha value is -0.918. The van der Waals surface area contributed by atoms with Gasteiger partial charge >= 0.3 is 38.1 Å². The first-order chi connectivity index (χ1) is 5.82. The van der Waals surface area contributed by atoms with Gasteiger partial charge in [0.25, 0.3) is 0 Å². The van der Waals surface area contributed by atoms with E-state index in [9.17, 15) is 9.59 Å². The van der Waals surface area contributed by atoms with Crippen molar-refractivity contribution in [1.82, 2.24) is 0 Å². The summed E-state index contributed by atoms with van der Waals surface area (Å²) in [5, 5.41) is 37.7. The van der Waals surface area contributed by atoms with E-state index in [1.165, 1.54) is 0 Å². The first kappa shape index (κ1) is 29.4. The first-order valence-corrected chi connectivity index (χ1v) is 2.95. The van der Waals surface area contributed by atoms with Crippen LogP contribution in [0.2, 0.25) is 0 Å². The number of hydrogen-bond acceptors (Lipinski definition) is 5. The van der Waals surface area contributed by atoms with E-state index in [0.29, 0.717) is 0 Å². The number of hydrogen-bond donors (Lipinski definition) is 5. The number of carboxylic acids is 2. The van der Waals surface area contributed by atoms with Crippen LogP contribution in [-0.2, 0) is 9.59 Å². The van der Waals surface area contributed by atoms with Gasteiger partial charge in [-0.15, -0.1) is 6.58 Å². The summed E-state index contributed by atoms with van der Waals surface area (Å²) in [6.07, 6.45) is 0.866. The fraction of sp³-hybridized carbons (Fsp3) is 0.200. The van der Waals surface area contributed by atoms with Gasteiger partial charge in [-0.25, -0.2) is 0 Å². The summed E-state index contributed by atoms with van der Waals surface area (Å²) in [7, 11) is -2.17. The van der Waals surface area contributed by atoms with E-state index in [2.05, 4.69) is 6.58 Å². The van der Waals surface area contributed by atoms with Crippen LogP contribution in [0.5, 0.6) is 0 Å². The largest absolute Gasteiger partial charge is 1.00 e. The van der Waals surface area contributed by atoms with Gasteiger partial charge in [0.2, 0.25) is 0 Å². The van der Waals surface area contributed by atoms with Crippen molar-refractivity contribution in [3.63, 3.8) is 0 Å². The van der Waals surface area contributed by atoms with Crippen LogP contribution in [0.4, 0.5) is 9.41 Å². The summed E-state index contributed by atoms with van der Waals surface area (Å²) >= 11 is 0. The Balaban J connectivity index is -0.0000000338. The molecule has 16 heavy (non-hydrogen) atoms. The average molecular weight is 240 g/mol. The minimum atomic E-state index is -2.17. The molecule has 0 aliphatic rings. The molecule has 7 nitrogen and oxygen atoms in total. The quantitative estimate of drug-likeness (QED) is 0.190. The Bertz CT molecular complexity index is 192. The van der Waals surface area contributed by atoms with E-state index >= 15 is 0 Å². The van der Waals surface area contributed by atoms with Crippen molar-refractivity contribution in [3.05, 3.63) is 12.7 Å². The minimum absolute atomic E-state index is 0. The van der Waals surface area contributed by atoms with Gasteiger partial charge in [-0.3, -0.25) is 19.0 Å². The molecule has 0 fully saturated rings. The molecule has 0 radical (unpaired) electrons. The third-order valence-electron chi connectivity index (χ3n) is 0.768. The number of carboxylic acid groups (broad SMARTS) is 2. The molecule has 0 aliphatic heterocycles. The van der Waals surface area contributed by atoms with Gasteiger partial charge in [0.1, 0.15) is 0 Å². The predicted molar refractivity (Wildman–Crippen MR) is 47.5 cm³/mol. The second-order valence-corrected chi connectivity index (χ2v) is 1.74. The molecule has 0 unspecified atom stereocenters. The van der Waals surface area contributed by atoms with Crippen LogP contribution in [0.25, 0.3) is 0 Å². The topological polar surface area (TPSA) is 135 Å². The molecule has 5 N–H and O–H groups in total. The molecule has 0 aromatic carbocycles. The van der Waals surface area contributed by atoms with Crippen LogP contribution in [-0.4, -0.2) is 44.5 Å². The van der Waals surface area contributed by atoms with E-state index in [-0.39, 0.29) is 29.7 Å². The van der Waals surface area contributed by atoms with Crippen molar-refractivity contribution in [3.8, 4) is 0 Å². The molecule has 0 bridgehead atoms. The molecular weight excluding hydrogens is 228 g/mol. The van der Waals surface area contributed by atoms with Gasteiger partial charge in [0.15, 0.2) is 5.92 Å². The molecular formula is C5H12BF2LiO7. The van der Waals surface area contributed by atoms with Crippen molar-refractivity contribution < 1.29 is 64.6 Å². The molecule has 0 aromatic rings. The van der Waals surface area contributed by atoms with Crippen LogP contribution in [0.15, 0.2) is 12.7 Å². The Labute approximate surface area is 103 Å². The number of carbonyl (C=O) groups is 2. The fourth-order valence-electron chi connectivity index (χ4n) is 0.307. The summed E-state index contributed by atoms with van der Waals surface area (Å²) < 4.78 is 0. The standard InChI is InChI=1S/C5H6O4.BH3O3.2FH.Li.H/c1-2-3(4(6)7)5(8)9;2-1(3)4;;;;/h2-3H,1H2,(H,6,7)(H,8,9);2-4H;2*1H;;/q;;;;+1;-1. The summed E-state index contributed by atoms with van der Waals surface area (Å²) in [6.45, 7) is 3.04. The summed E-state index contributed by atoms with van der Waals surface area (Å²) in [5.41, 5.74) is 0. The maximum absolute atomic E-state index is 9.92. The number of halogens is 2. The van der Waals surface area contributed by atoms with Crippen LogP contribution >= 0.6 is 0 Å². The second-order valence-electron chi connectivity index (χ2n) is 1.74. The molecule has 0 aliphatic carbocycles. The zero-order valence-electron chi connectivity index (χ0n) is 9.31. The van der Waals surface area contributed by atoms with Gasteiger partial charge in [-0.1, -0.05) is 6.08 Å². The van der Waals surface area contributed by atoms with Crippen molar-refractivity contribution >= 4 is 19.3 Å². The number of rotatable bonds is 3. The normalized spacial score (nSPS) is 6.75. The van der Waals surface area contributed by atoms with E-state index in [1.54, 1.807) is 0 Å². The summed E-state index contributed by atoms with van der Waals surface area (Å²) in [5.74, 6) is -4.26. The van der Waals surface area contributed by atoms with Crippen molar-refractivity contribution in [2.75, 3.05) is 0 Å². The van der Waals surface area contributed by atoms with E-state index in [4.69, 9.17) is 25.3 Å². The Kier molecular flexibility index (Phi) is 30.4. The summed E-state index contributed by atoms with van der Waals surface area (Å²) in [4.78, 5) is 19.8. The van der Waals surface area contributed by atoms with Gasteiger partial charge in [0, 0.05) is 0 Å². The molecule has 11 heteroatoms. The molecule has 0 rings (SSSR count). The van der Waals surface area contributed by atoms with E-state index in [0.717, 1.165) is 6.08 Å². The smallest absolute Gasteiger partial charge is 1.00 e. The van der Waals surface area contributed by atoms with Crippen LogP contribution in [0.3, 0.4) is 0 Å². The molecule has 0 amide bonds. The van der Waals surface area contributed by atoms with Crippen molar-refractivity contribution in [2.45, 2.75) is 0 Å². The maximum Gasteiger partial charge on any atom is 1.00 e. The second kappa shape index (κ2) is 16.5. The number of aliphatic carboxylic acids is 2. The minimum Gasteiger partial charge on any atom is -1.00 e. The molecule has 0 spiro atoms. The Morgan fingerprint density at radius 1 is 1.12 bits per heavy atom. The van der Waals surface area contributed by atoms with Crippen LogP contribution in [0.1, 0.15) is 1.43 Å². The zero-order chi connectivity index (χ0) is 11.0. The SMILES string of the molecule is C=CC(C(=O)O)C(=O)O.F.F.OB(O)O.[H-].[Li+]. The molecule has 0 heterocycles. The molecule has 0 aromatic heterocycles. The van der Waals surface area contributed by atoms with Crippen LogP contribution in [0, 0.1) is 5.92 Å². The molecule has 92 valence electrons. The third kappa shape index (κ3) is 23.2. The molecule has 0 saturated heterocycles. The Morgan fingerprint density at radius 2 is 1.31 bits per heavy atom. The van der Waals surface area contributed by atoms with Gasteiger partial charge in [-0.2, -0.15) is 0 Å². The van der Waals surface area contributed by atoms with Crippen molar-refractivity contribution in [1.29, 1.82) is 0 Å². The molecule has 0 saturated carbocycles. The maximum atomic E-state index is 9.92. The Morgan fingerprint density at radius 3 is 1.31 bits per heavy atom. The van der Waals surface area contributed by atoms with Gasteiger partial charge in [0.05, 0.1) is 0 Å². The van der Waals surface area contributed by atoms with E-state index in [1.807, 2.05) is 0 Å². The zero-order valence-corrected chi connectivity index (χ0v) is 8.31. The monoisotopic (exact) mass is 240 g/mol. The average Bonchev–Trinajstić information content (AvgIpc) is 1.84. The van der Waals surface area contributed by atoms with Gasteiger partial charge in [-0.05, 0) is 0 Å². The fourth-order valence-corrected chi connectivity index (χ4v) is 0.307. The van der Waals surface area contributed by atoms with Crippen molar-refractivity contribution in [2.24, 2.45) is 5.92 Å². The molecule has 0 atom stereocenters. The van der Waals surface area contributed by atoms with E-state index < -0.39 is 25.2 Å².